The summed E-state index contributed by atoms with van der Waals surface area (Å²) in [6.45, 7) is 2.12. The average molecular weight is 241 g/mol. The monoisotopic (exact) mass is 241 g/mol. The molecule has 0 fully saturated rings. The molecule has 0 saturated heterocycles. The second-order valence-electron chi connectivity index (χ2n) is 5.09. The molecule has 0 aliphatic carbocycles. The van der Waals surface area contributed by atoms with E-state index in [1.54, 1.807) is 0 Å². The SMILES string of the molecule is Cc1[c]ccc2cc3cc4ccccc4cc3cc12. The van der Waals surface area contributed by atoms with Crippen LogP contribution in [0.4, 0.5) is 0 Å². The molecule has 19 heavy (non-hydrogen) atoms. The van der Waals surface area contributed by atoms with Gasteiger partial charge in [-0.05, 0) is 75.1 Å². The highest BCUT2D eigenvalue weighted by Crippen LogP contribution is 2.28. The molecule has 0 aliphatic rings. The smallest absolute Gasteiger partial charge is 0.0142 e. The fourth-order valence-corrected chi connectivity index (χ4v) is 2.81. The largest absolute Gasteiger partial charge is 0.0616 e. The molecule has 0 unspecified atom stereocenters. The van der Waals surface area contributed by atoms with Crippen molar-refractivity contribution in [3.05, 3.63) is 72.3 Å². The Kier molecular flexibility index (Phi) is 2.13. The minimum absolute atomic E-state index is 1.22. The van der Waals surface area contributed by atoms with Gasteiger partial charge in [0, 0.05) is 0 Å². The quantitative estimate of drug-likeness (QED) is 0.369. The lowest BCUT2D eigenvalue weighted by Gasteiger charge is -2.06. The van der Waals surface area contributed by atoms with Gasteiger partial charge in [0.05, 0.1) is 0 Å². The van der Waals surface area contributed by atoms with Crippen molar-refractivity contribution in [2.24, 2.45) is 0 Å². The molecule has 0 amide bonds. The summed E-state index contributed by atoms with van der Waals surface area (Å²) in [5.41, 5.74) is 1.22. The van der Waals surface area contributed by atoms with E-state index >= 15 is 0 Å². The molecule has 0 bridgehead atoms. The van der Waals surface area contributed by atoms with E-state index in [2.05, 4.69) is 67.6 Å². The van der Waals surface area contributed by atoms with Crippen LogP contribution in [0.2, 0.25) is 0 Å². The molecule has 0 heteroatoms. The summed E-state index contributed by atoms with van der Waals surface area (Å²) in [5, 5.41) is 7.79. The third-order valence-corrected chi connectivity index (χ3v) is 3.84. The Bertz CT molecular complexity index is 917. The third-order valence-electron chi connectivity index (χ3n) is 3.84. The summed E-state index contributed by atoms with van der Waals surface area (Å²) in [4.78, 5) is 0. The van der Waals surface area contributed by atoms with Crippen LogP contribution in [0.3, 0.4) is 0 Å². The molecule has 0 aromatic heterocycles. The molecule has 0 saturated carbocycles. The highest BCUT2D eigenvalue weighted by molar-refractivity contribution is 6.05. The van der Waals surface area contributed by atoms with E-state index in [9.17, 15) is 0 Å². The second kappa shape index (κ2) is 3.83. The van der Waals surface area contributed by atoms with Crippen molar-refractivity contribution in [2.45, 2.75) is 6.92 Å². The van der Waals surface area contributed by atoms with E-state index in [4.69, 9.17) is 0 Å². The molecular weight excluding hydrogens is 228 g/mol. The first kappa shape index (κ1) is 10.6. The highest BCUT2D eigenvalue weighted by Gasteiger charge is 2.02. The summed E-state index contributed by atoms with van der Waals surface area (Å²) >= 11 is 0. The van der Waals surface area contributed by atoms with Gasteiger partial charge in [0.15, 0.2) is 0 Å². The van der Waals surface area contributed by atoms with Gasteiger partial charge in [-0.2, -0.15) is 0 Å². The standard InChI is InChI=1S/C19H13/c1-13-5-4-8-16-11-17-9-14-6-2-3-7-15(14)10-18(17)12-19(13)16/h2-4,6-12H,1H3. The van der Waals surface area contributed by atoms with Gasteiger partial charge < -0.3 is 0 Å². The Morgan fingerprint density at radius 2 is 1.32 bits per heavy atom. The van der Waals surface area contributed by atoms with E-state index in [1.165, 1.54) is 37.9 Å². The predicted octanol–water partition coefficient (Wildman–Crippen LogP) is 5.25. The summed E-state index contributed by atoms with van der Waals surface area (Å²) in [6, 6.07) is 25.0. The Morgan fingerprint density at radius 3 is 2.05 bits per heavy atom. The van der Waals surface area contributed by atoms with Crippen LogP contribution in [0.25, 0.3) is 32.3 Å². The van der Waals surface area contributed by atoms with E-state index in [-0.39, 0.29) is 0 Å². The lowest BCUT2D eigenvalue weighted by Crippen LogP contribution is -1.81. The van der Waals surface area contributed by atoms with Crippen LogP contribution in [0.15, 0.2) is 60.7 Å². The van der Waals surface area contributed by atoms with E-state index in [0.29, 0.717) is 0 Å². The fourth-order valence-electron chi connectivity index (χ4n) is 2.81. The van der Waals surface area contributed by atoms with Crippen molar-refractivity contribution in [3.63, 3.8) is 0 Å². The molecule has 0 atom stereocenters. The minimum Gasteiger partial charge on any atom is -0.0616 e. The average Bonchev–Trinajstić information content (AvgIpc) is 2.44. The molecule has 4 rings (SSSR count). The molecule has 89 valence electrons. The van der Waals surface area contributed by atoms with Crippen LogP contribution < -0.4 is 0 Å². The van der Waals surface area contributed by atoms with Gasteiger partial charge in [0.2, 0.25) is 0 Å². The Labute approximate surface area is 112 Å². The number of aryl methyl sites for hydroxylation is 1. The summed E-state index contributed by atoms with van der Waals surface area (Å²) in [6.07, 6.45) is 0. The third kappa shape index (κ3) is 1.61. The first-order chi connectivity index (χ1) is 9.31. The van der Waals surface area contributed by atoms with Gasteiger partial charge in [0.25, 0.3) is 0 Å². The van der Waals surface area contributed by atoms with Crippen molar-refractivity contribution < 1.29 is 0 Å². The van der Waals surface area contributed by atoms with Crippen molar-refractivity contribution >= 4 is 32.3 Å². The van der Waals surface area contributed by atoms with Crippen molar-refractivity contribution in [1.82, 2.24) is 0 Å². The van der Waals surface area contributed by atoms with Crippen LogP contribution in [0.5, 0.6) is 0 Å². The maximum atomic E-state index is 3.28. The van der Waals surface area contributed by atoms with Gasteiger partial charge in [-0.3, -0.25) is 0 Å². The van der Waals surface area contributed by atoms with Gasteiger partial charge in [-0.15, -0.1) is 0 Å². The van der Waals surface area contributed by atoms with Crippen molar-refractivity contribution in [1.29, 1.82) is 0 Å². The van der Waals surface area contributed by atoms with E-state index < -0.39 is 0 Å². The van der Waals surface area contributed by atoms with Crippen molar-refractivity contribution in [3.8, 4) is 0 Å². The molecule has 0 N–H and O–H groups in total. The van der Waals surface area contributed by atoms with E-state index in [1.807, 2.05) is 6.07 Å². The summed E-state index contributed by atoms with van der Waals surface area (Å²) in [7, 11) is 0. The second-order valence-corrected chi connectivity index (χ2v) is 5.09. The zero-order valence-corrected chi connectivity index (χ0v) is 10.8. The van der Waals surface area contributed by atoms with Crippen LogP contribution in [0, 0.1) is 13.0 Å². The molecule has 1 radical (unpaired) electrons. The van der Waals surface area contributed by atoms with Crippen LogP contribution in [-0.2, 0) is 0 Å². The predicted molar refractivity (Wildman–Crippen MR) is 82.5 cm³/mol. The van der Waals surface area contributed by atoms with Gasteiger partial charge >= 0.3 is 0 Å². The summed E-state index contributed by atoms with van der Waals surface area (Å²) in [5.74, 6) is 0. The molecule has 4 aromatic carbocycles. The van der Waals surface area contributed by atoms with Crippen molar-refractivity contribution in [2.75, 3.05) is 0 Å². The van der Waals surface area contributed by atoms with Crippen LogP contribution >= 0.6 is 0 Å². The number of fused-ring (bicyclic) bond motifs is 3. The number of hydrogen-bond acceptors (Lipinski definition) is 0. The normalized spacial score (nSPS) is 11.4. The Balaban J connectivity index is 2.20. The number of hydrogen-bond donors (Lipinski definition) is 0. The maximum Gasteiger partial charge on any atom is -0.0142 e. The zero-order valence-electron chi connectivity index (χ0n) is 10.8. The fraction of sp³-hybridized carbons (Fsp3) is 0.0526. The lowest BCUT2D eigenvalue weighted by atomic mass is 9.98. The number of benzene rings is 4. The molecule has 0 aliphatic heterocycles. The van der Waals surface area contributed by atoms with Gasteiger partial charge in [-0.1, -0.05) is 36.4 Å². The molecule has 0 spiro atoms. The highest BCUT2D eigenvalue weighted by atomic mass is 14.1. The molecular formula is C19H13. The molecule has 0 heterocycles. The van der Waals surface area contributed by atoms with Crippen LogP contribution in [0.1, 0.15) is 5.56 Å². The first-order valence-corrected chi connectivity index (χ1v) is 6.55. The topological polar surface area (TPSA) is 0 Å². The number of rotatable bonds is 0. The first-order valence-electron chi connectivity index (χ1n) is 6.55. The Hall–Kier alpha value is -2.34. The van der Waals surface area contributed by atoms with Gasteiger partial charge in [-0.25, -0.2) is 0 Å². The Morgan fingerprint density at radius 1 is 0.684 bits per heavy atom. The van der Waals surface area contributed by atoms with Gasteiger partial charge in [0.1, 0.15) is 0 Å². The minimum atomic E-state index is 1.22. The lowest BCUT2D eigenvalue weighted by molar-refractivity contribution is 1.52. The molecule has 0 nitrogen and oxygen atoms in total. The molecule has 4 aromatic rings. The summed E-state index contributed by atoms with van der Waals surface area (Å²) < 4.78 is 0. The van der Waals surface area contributed by atoms with Crippen LogP contribution in [-0.4, -0.2) is 0 Å². The zero-order chi connectivity index (χ0) is 12.8. The van der Waals surface area contributed by atoms with E-state index in [0.717, 1.165) is 0 Å². The maximum absolute atomic E-state index is 3.28.